The van der Waals surface area contributed by atoms with Gasteiger partial charge >= 0.3 is 5.97 Å². The lowest BCUT2D eigenvalue weighted by molar-refractivity contribution is -0.136. The SMILES string of the molecule is COc1c(C)cc(CC(=O)O)c(F)c1O. The summed E-state index contributed by atoms with van der Waals surface area (Å²) in [5.74, 6) is -2.71. The van der Waals surface area contributed by atoms with Crippen LogP contribution in [-0.2, 0) is 11.2 Å². The van der Waals surface area contributed by atoms with Crippen LogP contribution in [0.3, 0.4) is 0 Å². The molecule has 0 aliphatic heterocycles. The molecule has 0 amide bonds. The third kappa shape index (κ3) is 2.18. The van der Waals surface area contributed by atoms with E-state index in [4.69, 9.17) is 9.84 Å². The van der Waals surface area contributed by atoms with Crippen molar-refractivity contribution in [3.05, 3.63) is 23.0 Å². The summed E-state index contributed by atoms with van der Waals surface area (Å²) in [5.41, 5.74) is 0.436. The molecule has 0 heterocycles. The molecule has 0 bridgehead atoms. The number of aromatic hydroxyl groups is 1. The molecule has 4 nitrogen and oxygen atoms in total. The smallest absolute Gasteiger partial charge is 0.307 e. The fourth-order valence-electron chi connectivity index (χ4n) is 1.38. The van der Waals surface area contributed by atoms with E-state index in [9.17, 15) is 14.3 Å². The summed E-state index contributed by atoms with van der Waals surface area (Å²) >= 11 is 0. The molecule has 1 rings (SSSR count). The minimum Gasteiger partial charge on any atom is -0.502 e. The first-order valence-electron chi connectivity index (χ1n) is 4.24. The van der Waals surface area contributed by atoms with Gasteiger partial charge in [-0.2, -0.15) is 0 Å². The fourth-order valence-corrected chi connectivity index (χ4v) is 1.38. The number of carboxylic acids is 1. The monoisotopic (exact) mass is 214 g/mol. The van der Waals surface area contributed by atoms with Gasteiger partial charge in [0, 0.05) is 5.56 Å². The number of methoxy groups -OCH3 is 1. The Morgan fingerprint density at radius 2 is 2.20 bits per heavy atom. The molecule has 0 aromatic heterocycles. The van der Waals surface area contributed by atoms with Crippen LogP contribution in [0.5, 0.6) is 11.5 Å². The van der Waals surface area contributed by atoms with Gasteiger partial charge in [0.2, 0.25) is 0 Å². The summed E-state index contributed by atoms with van der Waals surface area (Å²) in [4.78, 5) is 10.4. The standard InChI is InChI=1S/C10H11FO4/c1-5-3-6(4-7(12)13)8(11)9(14)10(5)15-2/h3,14H,4H2,1-2H3,(H,12,13). The van der Waals surface area contributed by atoms with Crippen LogP contribution in [0.1, 0.15) is 11.1 Å². The number of carboxylic acid groups (broad SMARTS) is 1. The van der Waals surface area contributed by atoms with Crippen molar-refractivity contribution < 1.29 is 24.1 Å². The number of halogens is 1. The number of hydrogen-bond donors (Lipinski definition) is 2. The highest BCUT2D eigenvalue weighted by molar-refractivity contribution is 5.71. The molecular formula is C10H11FO4. The summed E-state index contributed by atoms with van der Waals surface area (Å²) in [5, 5.41) is 17.9. The van der Waals surface area contributed by atoms with Crippen molar-refractivity contribution in [1.82, 2.24) is 0 Å². The maximum absolute atomic E-state index is 13.4. The van der Waals surface area contributed by atoms with E-state index in [2.05, 4.69) is 0 Å². The molecular weight excluding hydrogens is 203 g/mol. The van der Waals surface area contributed by atoms with Crippen LogP contribution >= 0.6 is 0 Å². The van der Waals surface area contributed by atoms with Crippen molar-refractivity contribution in [2.45, 2.75) is 13.3 Å². The minimum absolute atomic E-state index is 0.0293. The Kier molecular flexibility index (Phi) is 3.14. The Bertz CT molecular complexity index is 401. The van der Waals surface area contributed by atoms with Crippen LogP contribution < -0.4 is 4.74 Å². The van der Waals surface area contributed by atoms with Gasteiger partial charge in [0.25, 0.3) is 0 Å². The highest BCUT2D eigenvalue weighted by atomic mass is 19.1. The molecule has 0 aliphatic carbocycles. The van der Waals surface area contributed by atoms with E-state index in [0.717, 1.165) is 0 Å². The fraction of sp³-hybridized carbons (Fsp3) is 0.300. The van der Waals surface area contributed by atoms with Crippen LogP contribution in [0, 0.1) is 12.7 Å². The van der Waals surface area contributed by atoms with Crippen LogP contribution in [0.15, 0.2) is 6.07 Å². The van der Waals surface area contributed by atoms with Crippen LogP contribution in [0.4, 0.5) is 4.39 Å². The lowest BCUT2D eigenvalue weighted by Crippen LogP contribution is -2.04. The summed E-state index contributed by atoms with van der Waals surface area (Å²) in [6.07, 6.45) is -0.468. The number of phenols is 1. The molecule has 0 atom stereocenters. The van der Waals surface area contributed by atoms with Crippen molar-refractivity contribution >= 4 is 5.97 Å². The summed E-state index contributed by atoms with van der Waals surface area (Å²) in [7, 11) is 1.30. The lowest BCUT2D eigenvalue weighted by atomic mass is 10.1. The van der Waals surface area contributed by atoms with E-state index in [1.165, 1.54) is 13.2 Å². The van der Waals surface area contributed by atoms with Crippen molar-refractivity contribution in [2.24, 2.45) is 0 Å². The van der Waals surface area contributed by atoms with Crippen LogP contribution in [0.25, 0.3) is 0 Å². The van der Waals surface area contributed by atoms with Gasteiger partial charge < -0.3 is 14.9 Å². The molecule has 2 N–H and O–H groups in total. The second-order valence-electron chi connectivity index (χ2n) is 3.12. The second kappa shape index (κ2) is 4.16. The third-order valence-corrected chi connectivity index (χ3v) is 2.00. The lowest BCUT2D eigenvalue weighted by Gasteiger charge is -2.10. The third-order valence-electron chi connectivity index (χ3n) is 2.00. The minimum atomic E-state index is -1.15. The van der Waals surface area contributed by atoms with Crippen LogP contribution in [-0.4, -0.2) is 23.3 Å². The number of hydrogen-bond acceptors (Lipinski definition) is 3. The summed E-state index contributed by atoms with van der Waals surface area (Å²) in [6.45, 7) is 1.60. The molecule has 0 saturated heterocycles. The molecule has 1 aromatic carbocycles. The Labute approximate surface area is 85.9 Å². The van der Waals surface area contributed by atoms with Crippen molar-refractivity contribution in [1.29, 1.82) is 0 Å². The number of benzene rings is 1. The summed E-state index contributed by atoms with van der Waals surface area (Å²) in [6, 6.07) is 1.35. The molecule has 0 aliphatic rings. The molecule has 0 unspecified atom stereocenters. The molecule has 0 saturated carbocycles. The van der Waals surface area contributed by atoms with E-state index < -0.39 is 24.0 Å². The quantitative estimate of drug-likeness (QED) is 0.799. The van der Waals surface area contributed by atoms with Gasteiger partial charge in [0.1, 0.15) is 0 Å². The molecule has 0 spiro atoms. The zero-order valence-electron chi connectivity index (χ0n) is 8.37. The first-order chi connectivity index (χ1) is 6.97. The highest BCUT2D eigenvalue weighted by Crippen LogP contribution is 2.34. The van der Waals surface area contributed by atoms with Gasteiger partial charge in [0.05, 0.1) is 13.5 Å². The van der Waals surface area contributed by atoms with E-state index >= 15 is 0 Å². The van der Waals surface area contributed by atoms with Gasteiger partial charge in [-0.15, -0.1) is 0 Å². The maximum Gasteiger partial charge on any atom is 0.307 e. The van der Waals surface area contributed by atoms with Gasteiger partial charge in [-0.25, -0.2) is 4.39 Å². The van der Waals surface area contributed by atoms with Crippen molar-refractivity contribution in [2.75, 3.05) is 7.11 Å². The first kappa shape index (κ1) is 11.3. The van der Waals surface area contributed by atoms with Gasteiger partial charge in [0.15, 0.2) is 17.3 Å². The predicted octanol–water partition coefficient (Wildman–Crippen LogP) is 1.48. The van der Waals surface area contributed by atoms with E-state index in [-0.39, 0.29) is 11.3 Å². The number of aryl methyl sites for hydroxylation is 1. The summed E-state index contributed by atoms with van der Waals surface area (Å²) < 4.78 is 18.2. The largest absolute Gasteiger partial charge is 0.502 e. The number of rotatable bonds is 3. The molecule has 15 heavy (non-hydrogen) atoms. The Morgan fingerprint density at radius 1 is 1.60 bits per heavy atom. The highest BCUT2D eigenvalue weighted by Gasteiger charge is 2.17. The Hall–Kier alpha value is -1.78. The predicted molar refractivity (Wildman–Crippen MR) is 50.7 cm³/mol. The molecule has 0 radical (unpaired) electrons. The second-order valence-corrected chi connectivity index (χ2v) is 3.12. The molecule has 0 fully saturated rings. The van der Waals surface area contributed by atoms with E-state index in [1.807, 2.05) is 0 Å². The van der Waals surface area contributed by atoms with Crippen molar-refractivity contribution in [3.63, 3.8) is 0 Å². The maximum atomic E-state index is 13.4. The zero-order valence-corrected chi connectivity index (χ0v) is 8.37. The molecule has 82 valence electrons. The number of ether oxygens (including phenoxy) is 1. The zero-order chi connectivity index (χ0) is 11.6. The number of carbonyl (C=O) groups is 1. The van der Waals surface area contributed by atoms with Gasteiger partial charge in [-0.1, -0.05) is 0 Å². The van der Waals surface area contributed by atoms with Gasteiger partial charge in [-0.05, 0) is 18.6 Å². The van der Waals surface area contributed by atoms with E-state index in [0.29, 0.717) is 5.56 Å². The number of aliphatic carboxylic acids is 1. The number of phenolic OH excluding ortho intramolecular Hbond substituents is 1. The average Bonchev–Trinajstić information content (AvgIpc) is 2.14. The van der Waals surface area contributed by atoms with Gasteiger partial charge in [-0.3, -0.25) is 4.79 Å². The van der Waals surface area contributed by atoms with E-state index in [1.54, 1.807) is 6.92 Å². The Morgan fingerprint density at radius 3 is 2.67 bits per heavy atom. The normalized spacial score (nSPS) is 10.1. The Balaban J connectivity index is 3.27. The molecule has 5 heteroatoms. The first-order valence-corrected chi connectivity index (χ1v) is 4.24. The van der Waals surface area contributed by atoms with Crippen molar-refractivity contribution in [3.8, 4) is 11.5 Å². The average molecular weight is 214 g/mol. The van der Waals surface area contributed by atoms with Crippen LogP contribution in [0.2, 0.25) is 0 Å². The molecule has 1 aromatic rings. The topological polar surface area (TPSA) is 66.8 Å².